The molecule has 2 aromatic heterocycles. The Balaban J connectivity index is 0.00000225. The Morgan fingerprint density at radius 3 is 2.57 bits per heavy atom. The molecule has 0 unspecified atom stereocenters. The van der Waals surface area contributed by atoms with Crippen molar-refractivity contribution in [3.63, 3.8) is 0 Å². The minimum atomic E-state index is 0. The zero-order valence-electron chi connectivity index (χ0n) is 15.9. The van der Waals surface area contributed by atoms with Crippen LogP contribution in [-0.4, -0.2) is 27.8 Å². The topological polar surface area (TPSA) is 67.1 Å². The van der Waals surface area contributed by atoms with Crippen molar-refractivity contribution >= 4 is 29.9 Å². The maximum atomic E-state index is 4.89. The minimum Gasteiger partial charge on any atom is -0.351 e. The van der Waals surface area contributed by atoms with E-state index in [-0.39, 0.29) is 24.0 Å². The van der Waals surface area contributed by atoms with Crippen molar-refractivity contribution < 1.29 is 0 Å². The van der Waals surface area contributed by atoms with E-state index in [0.717, 1.165) is 35.9 Å². The molecule has 2 heterocycles. The number of para-hydroxylation sites is 1. The van der Waals surface area contributed by atoms with Gasteiger partial charge in [-0.3, -0.25) is 9.98 Å². The first-order valence-electron chi connectivity index (χ1n) is 9.34. The molecule has 0 bridgehead atoms. The summed E-state index contributed by atoms with van der Waals surface area (Å²) in [7, 11) is 1.78. The van der Waals surface area contributed by atoms with Crippen LogP contribution in [0.1, 0.15) is 29.1 Å². The molecule has 0 amide bonds. The normalized spacial score (nSPS) is 13.0. The van der Waals surface area contributed by atoms with Crippen molar-refractivity contribution in [1.29, 1.82) is 0 Å². The van der Waals surface area contributed by atoms with E-state index >= 15 is 0 Å². The van der Waals surface area contributed by atoms with Crippen LogP contribution in [0.25, 0.3) is 5.69 Å². The number of aliphatic imine (C=N–C) groups is 1. The van der Waals surface area contributed by atoms with Crippen LogP contribution in [0.2, 0.25) is 0 Å². The predicted octanol–water partition coefficient (Wildman–Crippen LogP) is 3.24. The first-order valence-corrected chi connectivity index (χ1v) is 9.34. The molecule has 0 fully saturated rings. The number of fused-ring (bicyclic) bond motifs is 1. The Bertz CT molecular complexity index is 921. The number of nitrogens with one attached hydrogen (secondary N) is 2. The van der Waals surface area contributed by atoms with Gasteiger partial charge in [0.15, 0.2) is 5.96 Å². The highest BCUT2D eigenvalue weighted by Gasteiger charge is 2.23. The number of hydrogen-bond acceptors (Lipinski definition) is 3. The van der Waals surface area contributed by atoms with E-state index in [1.807, 2.05) is 24.3 Å². The molecule has 1 aliphatic carbocycles. The molecule has 28 heavy (non-hydrogen) atoms. The van der Waals surface area contributed by atoms with E-state index in [9.17, 15) is 0 Å². The van der Waals surface area contributed by atoms with Crippen molar-refractivity contribution in [3.8, 4) is 5.69 Å². The predicted molar refractivity (Wildman–Crippen MR) is 122 cm³/mol. The van der Waals surface area contributed by atoms with Crippen molar-refractivity contribution in [2.45, 2.75) is 32.4 Å². The molecule has 6 nitrogen and oxygen atoms in total. The summed E-state index contributed by atoms with van der Waals surface area (Å²) in [5.74, 6) is 0.752. The Hall–Kier alpha value is -2.42. The molecule has 1 aromatic carbocycles. The average Bonchev–Trinajstić information content (AvgIpc) is 3.33. The monoisotopic (exact) mass is 488 g/mol. The summed E-state index contributed by atoms with van der Waals surface area (Å²) in [5, 5.41) is 11.6. The second kappa shape index (κ2) is 9.68. The molecule has 0 radical (unpaired) electrons. The second-order valence-electron chi connectivity index (χ2n) is 6.57. The van der Waals surface area contributed by atoms with Gasteiger partial charge < -0.3 is 10.6 Å². The third-order valence-corrected chi connectivity index (χ3v) is 4.82. The number of nitrogens with zero attached hydrogens (tertiary/aromatic N) is 4. The number of aromatic nitrogens is 3. The van der Waals surface area contributed by atoms with Gasteiger partial charge in [-0.1, -0.05) is 24.3 Å². The van der Waals surface area contributed by atoms with Gasteiger partial charge in [-0.2, -0.15) is 5.10 Å². The number of rotatable bonds is 5. The lowest BCUT2D eigenvalue weighted by molar-refractivity contribution is 0.730. The van der Waals surface area contributed by atoms with E-state index < -0.39 is 0 Å². The van der Waals surface area contributed by atoms with Crippen LogP contribution in [0.4, 0.5) is 0 Å². The second-order valence-corrected chi connectivity index (χ2v) is 6.57. The summed E-state index contributed by atoms with van der Waals surface area (Å²) in [6.45, 7) is 1.29. The quantitative estimate of drug-likeness (QED) is 0.329. The lowest BCUT2D eigenvalue weighted by Crippen LogP contribution is -2.36. The smallest absolute Gasteiger partial charge is 0.191 e. The zero-order valence-corrected chi connectivity index (χ0v) is 18.3. The van der Waals surface area contributed by atoms with Crippen molar-refractivity contribution in [2.75, 3.05) is 7.05 Å². The Morgan fingerprint density at radius 1 is 1.04 bits per heavy atom. The molecule has 0 saturated heterocycles. The molecule has 0 saturated carbocycles. The van der Waals surface area contributed by atoms with Gasteiger partial charge >= 0.3 is 0 Å². The van der Waals surface area contributed by atoms with Crippen LogP contribution in [-0.2, 0) is 25.9 Å². The summed E-state index contributed by atoms with van der Waals surface area (Å²) in [5.41, 5.74) is 5.93. The van der Waals surface area contributed by atoms with Gasteiger partial charge in [0.05, 0.1) is 30.2 Å². The molecule has 0 aliphatic heterocycles. The van der Waals surface area contributed by atoms with E-state index in [1.165, 1.54) is 17.7 Å². The van der Waals surface area contributed by atoms with Crippen LogP contribution in [0.15, 0.2) is 59.7 Å². The van der Waals surface area contributed by atoms with Crippen molar-refractivity contribution in [1.82, 2.24) is 25.4 Å². The Kier molecular flexibility index (Phi) is 7.02. The molecular formula is C21H25IN6. The molecular weight excluding hydrogens is 463 g/mol. The lowest BCUT2D eigenvalue weighted by Gasteiger charge is -2.11. The van der Waals surface area contributed by atoms with Crippen molar-refractivity contribution in [3.05, 3.63) is 77.4 Å². The molecule has 1 aliphatic rings. The number of halogens is 1. The molecule has 0 spiro atoms. The number of hydrogen-bond donors (Lipinski definition) is 2. The van der Waals surface area contributed by atoms with E-state index in [2.05, 4.69) is 49.6 Å². The van der Waals surface area contributed by atoms with E-state index in [4.69, 9.17) is 5.10 Å². The van der Waals surface area contributed by atoms with Crippen molar-refractivity contribution in [2.24, 2.45) is 4.99 Å². The molecule has 7 heteroatoms. The van der Waals surface area contributed by atoms with Crippen LogP contribution < -0.4 is 10.6 Å². The maximum Gasteiger partial charge on any atom is 0.191 e. The summed E-state index contributed by atoms with van der Waals surface area (Å²) < 4.78 is 2.10. The van der Waals surface area contributed by atoms with Gasteiger partial charge in [0.1, 0.15) is 0 Å². The first-order chi connectivity index (χ1) is 13.3. The molecule has 0 atom stereocenters. The lowest BCUT2D eigenvalue weighted by atomic mass is 10.2. The van der Waals surface area contributed by atoms with Crippen LogP contribution >= 0.6 is 24.0 Å². The van der Waals surface area contributed by atoms with Gasteiger partial charge in [-0.05, 0) is 49.1 Å². The molecule has 146 valence electrons. The zero-order chi connectivity index (χ0) is 18.5. The third kappa shape index (κ3) is 4.52. The standard InChI is InChI=1S/C21H24N6.HI/c1-22-21(24-14-16-8-5-6-13-23-16)25-15-19-18-11-7-12-20(18)27(26-19)17-9-3-2-4-10-17;/h2-6,8-10,13H,7,11-12,14-15H2,1H3,(H2,22,24,25);1H. The highest BCUT2D eigenvalue weighted by atomic mass is 127. The fourth-order valence-corrected chi connectivity index (χ4v) is 3.50. The molecule has 4 rings (SSSR count). The summed E-state index contributed by atoms with van der Waals surface area (Å²) in [4.78, 5) is 8.64. The Labute approximate surface area is 182 Å². The maximum absolute atomic E-state index is 4.89. The van der Waals surface area contributed by atoms with E-state index in [1.54, 1.807) is 13.2 Å². The van der Waals surface area contributed by atoms with Crippen LogP contribution in [0.3, 0.4) is 0 Å². The van der Waals surface area contributed by atoms with Gasteiger partial charge in [-0.25, -0.2) is 4.68 Å². The SMILES string of the molecule is CN=C(NCc1ccccn1)NCc1nn(-c2ccccc2)c2c1CCC2.I. The van der Waals surface area contributed by atoms with Crippen LogP contribution in [0.5, 0.6) is 0 Å². The fourth-order valence-electron chi connectivity index (χ4n) is 3.50. The Morgan fingerprint density at radius 2 is 1.82 bits per heavy atom. The summed E-state index contributed by atoms with van der Waals surface area (Å²) >= 11 is 0. The van der Waals surface area contributed by atoms with E-state index in [0.29, 0.717) is 13.1 Å². The highest BCUT2D eigenvalue weighted by Crippen LogP contribution is 2.27. The number of benzene rings is 1. The number of pyridine rings is 1. The summed E-state index contributed by atoms with van der Waals surface area (Å²) in [6.07, 6.45) is 5.18. The van der Waals surface area contributed by atoms with Gasteiger partial charge in [-0.15, -0.1) is 24.0 Å². The number of guanidine groups is 1. The first kappa shape index (κ1) is 20.3. The average molecular weight is 488 g/mol. The molecule has 3 aromatic rings. The van der Waals surface area contributed by atoms with Gasteiger partial charge in [0.25, 0.3) is 0 Å². The summed E-state index contributed by atoms with van der Waals surface area (Å²) in [6, 6.07) is 16.3. The largest absolute Gasteiger partial charge is 0.351 e. The third-order valence-electron chi connectivity index (χ3n) is 4.82. The van der Waals surface area contributed by atoms with Gasteiger partial charge in [0, 0.05) is 18.9 Å². The van der Waals surface area contributed by atoms with Crippen LogP contribution in [0, 0.1) is 0 Å². The highest BCUT2D eigenvalue weighted by molar-refractivity contribution is 14.0. The molecule has 2 N–H and O–H groups in total. The fraction of sp³-hybridized carbons (Fsp3) is 0.286. The minimum absolute atomic E-state index is 0. The van der Waals surface area contributed by atoms with Gasteiger partial charge in [0.2, 0.25) is 0 Å².